The number of benzene rings is 2. The Morgan fingerprint density at radius 3 is 2.58 bits per heavy atom. The predicted molar refractivity (Wildman–Crippen MR) is 78.0 cm³/mol. The molecule has 19 heavy (non-hydrogen) atoms. The Kier molecular flexibility index (Phi) is 4.22. The Morgan fingerprint density at radius 2 is 1.89 bits per heavy atom. The average Bonchev–Trinajstić information content (AvgIpc) is 2.35. The Labute approximate surface area is 120 Å². The monoisotopic (exact) mass is 323 g/mol. The molecule has 0 bridgehead atoms. The lowest BCUT2D eigenvalue weighted by molar-refractivity contribution is 0.463. The molecule has 2 aromatic rings. The van der Waals surface area contributed by atoms with Gasteiger partial charge in [-0.3, -0.25) is 0 Å². The van der Waals surface area contributed by atoms with Gasteiger partial charge in [-0.25, -0.2) is 4.39 Å². The molecule has 0 aliphatic heterocycles. The van der Waals surface area contributed by atoms with Crippen LogP contribution in [0.4, 0.5) is 4.39 Å². The zero-order valence-corrected chi connectivity index (χ0v) is 12.4. The number of ether oxygens (including phenoxy) is 1. The summed E-state index contributed by atoms with van der Waals surface area (Å²) in [5.41, 5.74) is 7.68. The lowest BCUT2D eigenvalue weighted by Gasteiger charge is -2.15. The molecular weight excluding hydrogens is 309 g/mol. The Balaban J connectivity index is 2.40. The molecule has 2 aromatic carbocycles. The number of halogens is 2. The van der Waals surface area contributed by atoms with Gasteiger partial charge >= 0.3 is 0 Å². The van der Waals surface area contributed by atoms with Gasteiger partial charge in [0.25, 0.3) is 0 Å². The second-order valence-electron chi connectivity index (χ2n) is 4.48. The first-order chi connectivity index (χ1) is 8.97. The van der Waals surface area contributed by atoms with E-state index in [0.29, 0.717) is 11.5 Å². The number of hydrogen-bond donors (Lipinski definition) is 1. The highest BCUT2D eigenvalue weighted by atomic mass is 79.9. The van der Waals surface area contributed by atoms with Gasteiger partial charge < -0.3 is 10.5 Å². The van der Waals surface area contributed by atoms with Crippen molar-refractivity contribution in [2.45, 2.75) is 19.9 Å². The standard InChI is InChI=1S/C15H15BrFNO/c1-9-3-5-12(17)8-15(9)19-14-6-4-11(16)7-13(14)10(2)18/h3-8,10H,18H2,1-2H3. The number of hydrogen-bond acceptors (Lipinski definition) is 2. The summed E-state index contributed by atoms with van der Waals surface area (Å²) < 4.78 is 20.0. The average molecular weight is 324 g/mol. The molecule has 0 amide bonds. The second-order valence-corrected chi connectivity index (χ2v) is 5.40. The predicted octanol–water partition coefficient (Wildman–Crippen LogP) is 4.71. The van der Waals surface area contributed by atoms with E-state index in [1.165, 1.54) is 12.1 Å². The van der Waals surface area contributed by atoms with Crippen molar-refractivity contribution in [1.29, 1.82) is 0 Å². The molecular formula is C15H15BrFNO. The maximum absolute atomic E-state index is 13.3. The van der Waals surface area contributed by atoms with Crippen LogP contribution in [0.15, 0.2) is 40.9 Å². The lowest BCUT2D eigenvalue weighted by Crippen LogP contribution is -2.07. The maximum Gasteiger partial charge on any atom is 0.133 e. The van der Waals surface area contributed by atoms with Crippen molar-refractivity contribution in [3.63, 3.8) is 0 Å². The highest BCUT2D eigenvalue weighted by molar-refractivity contribution is 9.10. The molecule has 0 spiro atoms. The molecule has 2 N–H and O–H groups in total. The number of nitrogens with two attached hydrogens (primary N) is 1. The van der Waals surface area contributed by atoms with Gasteiger partial charge in [-0.15, -0.1) is 0 Å². The minimum atomic E-state index is -0.319. The molecule has 0 saturated carbocycles. The van der Waals surface area contributed by atoms with E-state index in [0.717, 1.165) is 15.6 Å². The van der Waals surface area contributed by atoms with Crippen molar-refractivity contribution in [1.82, 2.24) is 0 Å². The van der Waals surface area contributed by atoms with Crippen LogP contribution in [-0.2, 0) is 0 Å². The van der Waals surface area contributed by atoms with Crippen molar-refractivity contribution in [3.8, 4) is 11.5 Å². The Bertz CT molecular complexity index is 599. The van der Waals surface area contributed by atoms with Crippen LogP contribution in [0.5, 0.6) is 11.5 Å². The molecule has 100 valence electrons. The van der Waals surface area contributed by atoms with E-state index in [-0.39, 0.29) is 11.9 Å². The first-order valence-corrected chi connectivity index (χ1v) is 6.75. The van der Waals surface area contributed by atoms with Crippen molar-refractivity contribution in [3.05, 3.63) is 57.8 Å². The Morgan fingerprint density at radius 1 is 1.16 bits per heavy atom. The van der Waals surface area contributed by atoms with Crippen LogP contribution in [0.3, 0.4) is 0 Å². The van der Waals surface area contributed by atoms with Crippen molar-refractivity contribution < 1.29 is 9.13 Å². The largest absolute Gasteiger partial charge is 0.457 e. The fraction of sp³-hybridized carbons (Fsp3) is 0.200. The highest BCUT2D eigenvalue weighted by Gasteiger charge is 2.11. The van der Waals surface area contributed by atoms with Gasteiger partial charge in [-0.05, 0) is 43.7 Å². The van der Waals surface area contributed by atoms with Gasteiger partial charge in [0, 0.05) is 22.1 Å². The quantitative estimate of drug-likeness (QED) is 0.887. The fourth-order valence-electron chi connectivity index (χ4n) is 1.77. The summed E-state index contributed by atoms with van der Waals surface area (Å²) in [6.45, 7) is 3.76. The summed E-state index contributed by atoms with van der Waals surface area (Å²) in [6.07, 6.45) is 0. The first-order valence-electron chi connectivity index (χ1n) is 5.96. The third-order valence-electron chi connectivity index (χ3n) is 2.83. The van der Waals surface area contributed by atoms with Crippen LogP contribution in [0.25, 0.3) is 0 Å². The molecule has 0 aliphatic rings. The van der Waals surface area contributed by atoms with Crippen molar-refractivity contribution >= 4 is 15.9 Å². The molecule has 1 unspecified atom stereocenters. The van der Waals surface area contributed by atoms with Crippen LogP contribution in [0.1, 0.15) is 24.1 Å². The van der Waals surface area contributed by atoms with Crippen LogP contribution in [0.2, 0.25) is 0 Å². The molecule has 2 nitrogen and oxygen atoms in total. The molecule has 0 radical (unpaired) electrons. The summed E-state index contributed by atoms with van der Waals surface area (Å²) >= 11 is 3.41. The molecule has 0 aliphatic carbocycles. The zero-order valence-electron chi connectivity index (χ0n) is 10.8. The topological polar surface area (TPSA) is 35.2 Å². The SMILES string of the molecule is Cc1ccc(F)cc1Oc1ccc(Br)cc1C(C)N. The molecule has 0 aromatic heterocycles. The first kappa shape index (κ1) is 14.0. The van der Waals surface area contributed by atoms with Gasteiger partial charge in [0.2, 0.25) is 0 Å². The van der Waals surface area contributed by atoms with E-state index < -0.39 is 0 Å². The molecule has 0 fully saturated rings. The minimum absolute atomic E-state index is 0.165. The van der Waals surface area contributed by atoms with Gasteiger partial charge in [0.05, 0.1) is 0 Å². The van der Waals surface area contributed by atoms with Gasteiger partial charge in [-0.2, -0.15) is 0 Å². The third kappa shape index (κ3) is 3.33. The fourth-order valence-corrected chi connectivity index (χ4v) is 2.15. The van der Waals surface area contributed by atoms with Crippen LogP contribution in [-0.4, -0.2) is 0 Å². The summed E-state index contributed by atoms with van der Waals surface area (Å²) in [4.78, 5) is 0. The van der Waals surface area contributed by atoms with Crippen molar-refractivity contribution in [2.75, 3.05) is 0 Å². The van der Waals surface area contributed by atoms with Gasteiger partial charge in [-0.1, -0.05) is 22.0 Å². The van der Waals surface area contributed by atoms with Gasteiger partial charge in [0.1, 0.15) is 17.3 Å². The number of aryl methyl sites for hydroxylation is 1. The van der Waals surface area contributed by atoms with E-state index in [1.54, 1.807) is 6.07 Å². The maximum atomic E-state index is 13.3. The van der Waals surface area contributed by atoms with Crippen LogP contribution in [0, 0.1) is 12.7 Å². The van der Waals surface area contributed by atoms with Crippen LogP contribution < -0.4 is 10.5 Å². The number of rotatable bonds is 3. The molecule has 1 atom stereocenters. The van der Waals surface area contributed by atoms with Gasteiger partial charge in [0.15, 0.2) is 0 Å². The summed E-state index contributed by atoms with van der Waals surface area (Å²) in [5.74, 6) is 0.830. The summed E-state index contributed by atoms with van der Waals surface area (Å²) in [6, 6.07) is 9.92. The van der Waals surface area contributed by atoms with E-state index in [2.05, 4.69) is 15.9 Å². The third-order valence-corrected chi connectivity index (χ3v) is 3.33. The summed E-state index contributed by atoms with van der Waals surface area (Å²) in [5, 5.41) is 0. The molecule has 2 rings (SSSR count). The smallest absolute Gasteiger partial charge is 0.133 e. The van der Waals surface area contributed by atoms with Crippen LogP contribution >= 0.6 is 15.9 Å². The summed E-state index contributed by atoms with van der Waals surface area (Å²) in [7, 11) is 0. The van der Waals surface area contributed by atoms with E-state index in [1.807, 2.05) is 32.0 Å². The van der Waals surface area contributed by atoms with E-state index >= 15 is 0 Å². The molecule has 0 saturated heterocycles. The van der Waals surface area contributed by atoms with E-state index in [9.17, 15) is 4.39 Å². The second kappa shape index (κ2) is 5.72. The van der Waals surface area contributed by atoms with E-state index in [4.69, 9.17) is 10.5 Å². The molecule has 4 heteroatoms. The zero-order chi connectivity index (χ0) is 14.0. The Hall–Kier alpha value is -1.39. The van der Waals surface area contributed by atoms with Crippen molar-refractivity contribution in [2.24, 2.45) is 5.73 Å². The minimum Gasteiger partial charge on any atom is -0.457 e. The lowest BCUT2D eigenvalue weighted by atomic mass is 10.1. The molecule has 0 heterocycles. The normalized spacial score (nSPS) is 12.3. The highest BCUT2D eigenvalue weighted by Crippen LogP contribution is 2.32.